The van der Waals surface area contributed by atoms with Crippen LogP contribution in [0.15, 0.2) is 56.8 Å². The Hall–Kier alpha value is -2.84. The lowest BCUT2D eigenvalue weighted by Gasteiger charge is -2.34. The van der Waals surface area contributed by atoms with Crippen molar-refractivity contribution >= 4 is 42.2 Å². The predicted molar refractivity (Wildman–Crippen MR) is 145 cm³/mol. The minimum atomic E-state index is -4.53. The number of hydrogen-bond donors (Lipinski definition) is 2. The highest BCUT2D eigenvalue weighted by Crippen LogP contribution is 2.35. The number of nitrogens with zero attached hydrogens (tertiary/aromatic N) is 4. The molecule has 3 N–H and O–H groups in total. The molecule has 4 rings (SSSR count). The normalized spacial score (nSPS) is 17.0. The minimum absolute atomic E-state index is 0.0764. The molecule has 0 aliphatic carbocycles. The lowest BCUT2D eigenvalue weighted by Crippen LogP contribution is -2.45. The van der Waals surface area contributed by atoms with Gasteiger partial charge in [-0.15, -0.1) is 0 Å². The van der Waals surface area contributed by atoms with Crippen molar-refractivity contribution in [3.8, 4) is 5.75 Å². The maximum Gasteiger partial charge on any atom is 0.416 e. The van der Waals surface area contributed by atoms with Gasteiger partial charge in [-0.2, -0.15) is 16.3 Å². The van der Waals surface area contributed by atoms with Crippen LogP contribution in [0.3, 0.4) is 0 Å². The Kier molecular flexibility index (Phi) is 8.92. The molecule has 2 aliphatic heterocycles. The van der Waals surface area contributed by atoms with Crippen LogP contribution in [-0.2, 0) is 17.5 Å². The molecule has 0 atom stereocenters. The van der Waals surface area contributed by atoms with Gasteiger partial charge in [-0.1, -0.05) is 25.1 Å². The van der Waals surface area contributed by atoms with Crippen LogP contribution in [0.2, 0.25) is 0 Å². The van der Waals surface area contributed by atoms with E-state index in [-0.39, 0.29) is 30.4 Å². The molecular weight excluding hydrogens is 600 g/mol. The second kappa shape index (κ2) is 12.1. The number of aliphatic imine (C=N–C) groups is 1. The Morgan fingerprint density at radius 3 is 2.43 bits per heavy atom. The first-order valence-corrected chi connectivity index (χ1v) is 13.8. The van der Waals surface area contributed by atoms with Crippen molar-refractivity contribution in [3.05, 3.63) is 65.4 Å². The van der Waals surface area contributed by atoms with E-state index in [1.54, 1.807) is 18.3 Å². The average Bonchev–Trinajstić information content (AvgIpc) is 2.89. The fourth-order valence-electron chi connectivity index (χ4n) is 4.00. The summed E-state index contributed by atoms with van der Waals surface area (Å²) in [4.78, 5) is 20.7. The summed E-state index contributed by atoms with van der Waals surface area (Å²) in [5.74, 6) is 0.193. The Morgan fingerprint density at radius 2 is 1.81 bits per heavy atom. The molecule has 2 heterocycles. The van der Waals surface area contributed by atoms with Crippen LogP contribution in [0.1, 0.15) is 23.6 Å². The highest BCUT2D eigenvalue weighted by Gasteiger charge is 2.34. The molecule has 0 spiro atoms. The van der Waals surface area contributed by atoms with Crippen LogP contribution in [0.5, 0.6) is 5.75 Å². The first-order chi connectivity index (χ1) is 17.7. The van der Waals surface area contributed by atoms with Gasteiger partial charge in [0.05, 0.1) is 9.14 Å². The van der Waals surface area contributed by atoms with E-state index in [9.17, 15) is 18.0 Å². The fourth-order valence-corrected chi connectivity index (χ4v) is 5.53. The summed E-state index contributed by atoms with van der Waals surface area (Å²) < 4.78 is 52.1. The number of anilines is 1. The summed E-state index contributed by atoms with van der Waals surface area (Å²) in [6, 6.07) is 11.0. The summed E-state index contributed by atoms with van der Waals surface area (Å²) in [6.45, 7) is 6.01. The van der Waals surface area contributed by atoms with E-state index in [2.05, 4.69) is 25.3 Å². The van der Waals surface area contributed by atoms with Gasteiger partial charge in [0, 0.05) is 65.6 Å². The summed E-state index contributed by atoms with van der Waals surface area (Å²) in [5.41, 5.74) is 6.03. The zero-order valence-electron chi connectivity index (χ0n) is 20.3. The van der Waals surface area contributed by atoms with Crippen molar-refractivity contribution in [2.24, 2.45) is 13.9 Å². The summed E-state index contributed by atoms with van der Waals surface area (Å²) in [6.07, 6.45) is -2.83. The van der Waals surface area contributed by atoms with Gasteiger partial charge in [0.15, 0.2) is 6.61 Å². The van der Waals surface area contributed by atoms with E-state index in [0.29, 0.717) is 5.75 Å². The summed E-state index contributed by atoms with van der Waals surface area (Å²) in [5, 5.41) is 2.51. The molecule has 0 unspecified atom stereocenters. The van der Waals surface area contributed by atoms with Crippen molar-refractivity contribution in [1.82, 2.24) is 9.80 Å². The number of likely N-dealkylation sites (N-methyl/N-ethyl adjacent to an activating group) is 1. The number of carbonyl (C=O) groups is 1. The molecule has 1 amide bonds. The van der Waals surface area contributed by atoms with Gasteiger partial charge in [-0.05, 0) is 41.9 Å². The zero-order chi connectivity index (χ0) is 26.4. The molecule has 0 aromatic heterocycles. The van der Waals surface area contributed by atoms with E-state index in [0.717, 1.165) is 47.9 Å². The summed E-state index contributed by atoms with van der Waals surface area (Å²) in [7, 11) is 0. The highest BCUT2D eigenvalue weighted by atomic mass is 127. The van der Waals surface area contributed by atoms with Gasteiger partial charge in [-0.3, -0.25) is 9.69 Å². The molecule has 2 aromatic carbocycles. The molecule has 12 heteroatoms. The first kappa shape index (κ1) is 27.2. The Morgan fingerprint density at radius 1 is 1.11 bits per heavy atom. The number of ether oxygens (including phenoxy) is 1. The SMILES string of the molecule is CCN1CCN(Cc2ccc(NC(=O)COc3ccc(C4=CN=C(N)N=I4)cc3)cc2C(F)(F)F)CC1. The van der Waals surface area contributed by atoms with Crippen molar-refractivity contribution in [2.45, 2.75) is 19.6 Å². The minimum Gasteiger partial charge on any atom is -0.484 e. The van der Waals surface area contributed by atoms with Gasteiger partial charge < -0.3 is 20.7 Å². The van der Waals surface area contributed by atoms with Crippen molar-refractivity contribution < 1.29 is 22.7 Å². The number of piperazine rings is 1. The van der Waals surface area contributed by atoms with Crippen LogP contribution in [-0.4, -0.2) is 61.0 Å². The molecule has 2 aliphatic rings. The number of nitrogens with two attached hydrogens (primary N) is 1. The molecule has 8 nitrogen and oxygen atoms in total. The largest absolute Gasteiger partial charge is 0.484 e. The monoisotopic (exact) mass is 628 g/mol. The lowest BCUT2D eigenvalue weighted by atomic mass is 10.0. The second-order valence-corrected chi connectivity index (χ2v) is 10.7. The van der Waals surface area contributed by atoms with Gasteiger partial charge >= 0.3 is 6.18 Å². The lowest BCUT2D eigenvalue weighted by molar-refractivity contribution is -0.138. The number of benzene rings is 2. The Bertz CT molecular complexity index is 1210. The smallest absolute Gasteiger partial charge is 0.416 e. The molecule has 1 fully saturated rings. The molecule has 0 saturated carbocycles. The van der Waals surface area contributed by atoms with Crippen LogP contribution < -0.4 is 15.8 Å². The molecule has 198 valence electrons. The molecule has 2 aromatic rings. The van der Waals surface area contributed by atoms with E-state index in [1.807, 2.05) is 17.0 Å². The highest BCUT2D eigenvalue weighted by molar-refractivity contribution is 14.2. The third-order valence-electron chi connectivity index (χ3n) is 6.04. The number of nitrogens with one attached hydrogen (secondary N) is 1. The number of amides is 1. The van der Waals surface area contributed by atoms with Crippen molar-refractivity contribution in [1.29, 1.82) is 0 Å². The van der Waals surface area contributed by atoms with Gasteiger partial charge in [-0.25, -0.2) is 4.99 Å². The number of halogens is 4. The van der Waals surface area contributed by atoms with Gasteiger partial charge in [0.1, 0.15) is 5.75 Å². The number of rotatable bonds is 8. The third-order valence-corrected chi connectivity index (χ3v) is 8.19. The maximum atomic E-state index is 13.8. The van der Waals surface area contributed by atoms with Crippen molar-refractivity contribution in [3.63, 3.8) is 0 Å². The first-order valence-electron chi connectivity index (χ1n) is 11.8. The number of guanidine groups is 1. The summed E-state index contributed by atoms with van der Waals surface area (Å²) >= 11 is -0.609. The fraction of sp³-hybridized carbons (Fsp3) is 0.360. The van der Waals surface area contributed by atoms with Gasteiger partial charge in [0.2, 0.25) is 5.96 Å². The number of hydrogen-bond acceptors (Lipinski definition) is 7. The average molecular weight is 628 g/mol. The molecule has 0 radical (unpaired) electrons. The second-order valence-electron chi connectivity index (χ2n) is 8.57. The van der Waals surface area contributed by atoms with Crippen LogP contribution >= 0.6 is 21.0 Å². The molecule has 0 bridgehead atoms. The number of alkyl halides is 3. The topological polar surface area (TPSA) is 95.5 Å². The maximum absolute atomic E-state index is 13.8. The Balaban J connectivity index is 1.34. The molecule has 37 heavy (non-hydrogen) atoms. The van der Waals surface area contributed by atoms with Crippen molar-refractivity contribution in [2.75, 3.05) is 44.6 Å². The molecular formula is C25H28F3IN6O2. The van der Waals surface area contributed by atoms with Crippen LogP contribution in [0, 0.1) is 0 Å². The van der Waals surface area contributed by atoms with Crippen LogP contribution in [0.25, 0.3) is 3.58 Å². The van der Waals surface area contributed by atoms with Gasteiger partial charge in [0.25, 0.3) is 5.91 Å². The van der Waals surface area contributed by atoms with E-state index < -0.39 is 38.7 Å². The van der Waals surface area contributed by atoms with E-state index in [1.165, 1.54) is 12.1 Å². The predicted octanol–water partition coefficient (Wildman–Crippen LogP) is 4.64. The van der Waals surface area contributed by atoms with Crippen LogP contribution in [0.4, 0.5) is 18.9 Å². The molecule has 1 saturated heterocycles. The quantitative estimate of drug-likeness (QED) is 0.416. The van der Waals surface area contributed by atoms with E-state index >= 15 is 0 Å². The van der Waals surface area contributed by atoms with E-state index in [4.69, 9.17) is 10.5 Å². The Labute approximate surface area is 223 Å². The number of carbonyl (C=O) groups excluding carboxylic acids is 1. The standard InChI is InChI=1S/C25H28F3IN6O2/c1-2-34-9-11-35(12-10-34)15-18-3-6-19(13-21(18)25(26,27)28)32-23(36)16-37-20-7-4-17(5-8-20)22-14-31-24(30)33-29-22/h3-8,13-14H,2,9-12,15-16H2,1H3,(H,32,36)(H2,30,31,33). The third kappa shape index (κ3) is 7.58. The zero-order valence-corrected chi connectivity index (χ0v) is 22.4.